The van der Waals surface area contributed by atoms with Gasteiger partial charge in [-0.1, -0.05) is 25.1 Å². The zero-order valence-corrected chi connectivity index (χ0v) is 18.9. The summed E-state index contributed by atoms with van der Waals surface area (Å²) in [6.45, 7) is 10.6. The van der Waals surface area contributed by atoms with Crippen LogP contribution >= 0.6 is 0 Å². The van der Waals surface area contributed by atoms with Crippen molar-refractivity contribution in [3.05, 3.63) is 71.1 Å². The van der Waals surface area contributed by atoms with E-state index in [9.17, 15) is 18.5 Å². The third-order valence-corrected chi connectivity index (χ3v) is 6.06. The summed E-state index contributed by atoms with van der Waals surface area (Å²) in [5.41, 5.74) is 3.98. The van der Waals surface area contributed by atoms with E-state index in [1.807, 2.05) is 26.0 Å². The molecule has 31 heavy (non-hydrogen) atoms. The summed E-state index contributed by atoms with van der Waals surface area (Å²) in [5.74, 6) is -0.693. The lowest BCUT2D eigenvalue weighted by Gasteiger charge is -2.08. The van der Waals surface area contributed by atoms with E-state index in [-0.39, 0.29) is 17.9 Å². The zero-order chi connectivity index (χ0) is 23.0. The fraction of sp³-hybridized carbons (Fsp3) is 0.304. The highest BCUT2D eigenvalue weighted by Gasteiger charge is 2.14. The monoisotopic (exact) mass is 440 g/mol. The molecule has 1 amide bonds. The number of nitrogens with zero attached hydrogens (tertiary/aromatic N) is 2. The average molecular weight is 441 g/mol. The first-order valence-corrected chi connectivity index (χ1v) is 11.6. The number of benzene rings is 1. The predicted octanol–water partition coefficient (Wildman–Crippen LogP) is 3.67. The minimum atomic E-state index is -3.46. The molecule has 1 aromatic carbocycles. The van der Waals surface area contributed by atoms with Crippen LogP contribution in [0.2, 0.25) is 0 Å². The lowest BCUT2D eigenvalue weighted by atomic mass is 10.1. The van der Waals surface area contributed by atoms with E-state index in [0.717, 1.165) is 29.9 Å². The Morgan fingerprint density at radius 2 is 1.94 bits per heavy atom. The normalized spacial score (nSPS) is 11.7. The fourth-order valence-corrected chi connectivity index (χ4v) is 4.29. The second kappa shape index (κ2) is 10.8. The number of nitriles is 1. The van der Waals surface area contributed by atoms with Crippen molar-refractivity contribution >= 4 is 27.7 Å². The molecule has 0 saturated carbocycles. The number of rotatable bonds is 10. The van der Waals surface area contributed by atoms with E-state index in [2.05, 4.69) is 28.1 Å². The van der Waals surface area contributed by atoms with E-state index in [1.165, 1.54) is 6.08 Å². The van der Waals surface area contributed by atoms with E-state index in [0.29, 0.717) is 11.3 Å². The standard InChI is InChI=1S/C23H28N4O3S/c1-5-11-25-31(29,30)16-19-7-9-22(10-8-19)26-23(28)21(15-24)14-20-13-17(3)27(12-6-2)18(20)4/h5,7-10,13-14,25H,1,6,11-12,16H2,2-4H3,(H,26,28)/b21-14-. The van der Waals surface area contributed by atoms with Crippen molar-refractivity contribution in [1.82, 2.24) is 9.29 Å². The molecule has 1 heterocycles. The van der Waals surface area contributed by atoms with Crippen molar-refractivity contribution < 1.29 is 13.2 Å². The van der Waals surface area contributed by atoms with Gasteiger partial charge in [-0.05, 0) is 55.7 Å². The predicted molar refractivity (Wildman–Crippen MR) is 124 cm³/mol. The lowest BCUT2D eigenvalue weighted by molar-refractivity contribution is -0.112. The van der Waals surface area contributed by atoms with Crippen LogP contribution in [-0.2, 0) is 27.1 Å². The molecule has 0 aliphatic heterocycles. The minimum Gasteiger partial charge on any atom is -0.349 e. The highest BCUT2D eigenvalue weighted by Crippen LogP contribution is 2.20. The lowest BCUT2D eigenvalue weighted by Crippen LogP contribution is -2.25. The zero-order valence-electron chi connectivity index (χ0n) is 18.1. The van der Waals surface area contributed by atoms with E-state index >= 15 is 0 Å². The van der Waals surface area contributed by atoms with Crippen LogP contribution in [0.3, 0.4) is 0 Å². The van der Waals surface area contributed by atoms with Crippen molar-refractivity contribution in [2.45, 2.75) is 39.5 Å². The van der Waals surface area contributed by atoms with Crippen LogP contribution in [0.1, 0.15) is 35.9 Å². The van der Waals surface area contributed by atoms with Gasteiger partial charge in [0.1, 0.15) is 11.6 Å². The summed E-state index contributed by atoms with van der Waals surface area (Å²) in [6, 6.07) is 10.4. The van der Waals surface area contributed by atoms with E-state index in [1.54, 1.807) is 30.3 Å². The molecule has 2 aromatic rings. The van der Waals surface area contributed by atoms with Crippen LogP contribution in [0, 0.1) is 25.2 Å². The number of amides is 1. The first-order chi connectivity index (χ1) is 14.7. The smallest absolute Gasteiger partial charge is 0.266 e. The SMILES string of the molecule is C=CCNS(=O)(=O)Cc1ccc(NC(=O)/C(C#N)=C\c2cc(C)n(CCC)c2C)cc1. The molecule has 1 aromatic heterocycles. The third-order valence-electron chi connectivity index (χ3n) is 4.74. The number of hydrogen-bond donors (Lipinski definition) is 2. The maximum Gasteiger partial charge on any atom is 0.266 e. The Kier molecular flexibility index (Phi) is 8.37. The van der Waals surface area contributed by atoms with Gasteiger partial charge in [-0.15, -0.1) is 6.58 Å². The highest BCUT2D eigenvalue weighted by atomic mass is 32.2. The number of aromatic nitrogens is 1. The van der Waals surface area contributed by atoms with Gasteiger partial charge in [0.15, 0.2) is 0 Å². The van der Waals surface area contributed by atoms with E-state index < -0.39 is 15.9 Å². The van der Waals surface area contributed by atoms with Crippen molar-refractivity contribution in [3.63, 3.8) is 0 Å². The van der Waals surface area contributed by atoms with Crippen LogP contribution in [0.4, 0.5) is 5.69 Å². The van der Waals surface area contributed by atoms with Crippen LogP contribution in [-0.4, -0.2) is 25.4 Å². The quantitative estimate of drug-likeness (QED) is 0.334. The molecule has 8 heteroatoms. The summed E-state index contributed by atoms with van der Waals surface area (Å²) < 4.78 is 28.5. The average Bonchev–Trinajstić information content (AvgIpc) is 2.99. The van der Waals surface area contributed by atoms with Gasteiger partial charge in [0, 0.05) is 30.2 Å². The second-order valence-electron chi connectivity index (χ2n) is 7.20. The molecular formula is C23H28N4O3S. The summed E-state index contributed by atoms with van der Waals surface area (Å²) in [5, 5.41) is 12.2. The van der Waals surface area contributed by atoms with Crippen LogP contribution in [0.25, 0.3) is 6.08 Å². The molecule has 0 spiro atoms. The number of nitrogens with one attached hydrogen (secondary N) is 2. The maximum atomic E-state index is 12.6. The number of carbonyl (C=O) groups excluding carboxylic acids is 1. The van der Waals surface area contributed by atoms with Gasteiger partial charge in [0.05, 0.1) is 5.75 Å². The Hall–Kier alpha value is -3.15. The molecule has 0 aliphatic rings. The molecule has 0 atom stereocenters. The Bertz CT molecular complexity index is 1120. The van der Waals surface area contributed by atoms with Crippen molar-refractivity contribution in [1.29, 1.82) is 5.26 Å². The minimum absolute atomic E-state index is 0.00275. The molecule has 2 N–H and O–H groups in total. The van der Waals surface area contributed by atoms with Gasteiger partial charge >= 0.3 is 0 Å². The summed E-state index contributed by atoms with van der Waals surface area (Å²) in [7, 11) is -3.46. The van der Waals surface area contributed by atoms with Crippen LogP contribution in [0.5, 0.6) is 0 Å². The Morgan fingerprint density at radius 3 is 2.52 bits per heavy atom. The molecular weight excluding hydrogens is 412 g/mol. The summed E-state index contributed by atoms with van der Waals surface area (Å²) in [4.78, 5) is 12.6. The summed E-state index contributed by atoms with van der Waals surface area (Å²) >= 11 is 0. The van der Waals surface area contributed by atoms with Gasteiger partial charge in [-0.2, -0.15) is 5.26 Å². The van der Waals surface area contributed by atoms with Gasteiger partial charge in [0.2, 0.25) is 10.0 Å². The molecule has 7 nitrogen and oxygen atoms in total. The van der Waals surface area contributed by atoms with Crippen molar-refractivity contribution in [3.8, 4) is 6.07 Å². The Balaban J connectivity index is 2.13. The number of carbonyl (C=O) groups is 1. The first kappa shape index (κ1) is 24.1. The Labute approximate surface area is 184 Å². The van der Waals surface area contributed by atoms with Gasteiger partial charge < -0.3 is 9.88 Å². The number of hydrogen-bond acceptors (Lipinski definition) is 4. The molecule has 2 rings (SSSR count). The highest BCUT2D eigenvalue weighted by molar-refractivity contribution is 7.88. The van der Waals surface area contributed by atoms with Crippen LogP contribution < -0.4 is 10.0 Å². The summed E-state index contributed by atoms with van der Waals surface area (Å²) in [6.07, 6.45) is 4.06. The fourth-order valence-electron chi connectivity index (χ4n) is 3.18. The van der Waals surface area contributed by atoms with Gasteiger partial charge in [-0.25, -0.2) is 13.1 Å². The van der Waals surface area contributed by atoms with E-state index in [4.69, 9.17) is 0 Å². The second-order valence-corrected chi connectivity index (χ2v) is 9.00. The Morgan fingerprint density at radius 1 is 1.26 bits per heavy atom. The van der Waals surface area contributed by atoms with Crippen molar-refractivity contribution in [2.75, 3.05) is 11.9 Å². The maximum absolute atomic E-state index is 12.6. The molecule has 0 radical (unpaired) electrons. The third kappa shape index (κ3) is 6.67. The largest absolute Gasteiger partial charge is 0.349 e. The van der Waals surface area contributed by atoms with Crippen molar-refractivity contribution in [2.24, 2.45) is 0 Å². The number of sulfonamides is 1. The van der Waals surface area contributed by atoms with Crippen LogP contribution in [0.15, 0.2) is 48.6 Å². The van der Waals surface area contributed by atoms with Gasteiger partial charge in [-0.3, -0.25) is 4.79 Å². The topological polar surface area (TPSA) is 104 Å². The van der Waals surface area contributed by atoms with Gasteiger partial charge in [0.25, 0.3) is 5.91 Å². The molecule has 0 bridgehead atoms. The molecule has 0 unspecified atom stereocenters. The molecule has 164 valence electrons. The number of aryl methyl sites for hydroxylation is 1. The molecule has 0 aliphatic carbocycles. The first-order valence-electron chi connectivity index (χ1n) is 9.97. The number of anilines is 1. The molecule has 0 fully saturated rings. The molecule has 0 saturated heterocycles.